The van der Waals surface area contributed by atoms with Gasteiger partial charge in [-0.05, 0) is 30.2 Å². The predicted octanol–water partition coefficient (Wildman–Crippen LogP) is 3.02. The quantitative estimate of drug-likeness (QED) is 0.780. The topological polar surface area (TPSA) is 41.3 Å². The molecule has 2 atom stereocenters. The van der Waals surface area contributed by atoms with Gasteiger partial charge in [0.15, 0.2) is 0 Å². The molecule has 1 N–H and O–H groups in total. The molecule has 4 heteroatoms. The van der Waals surface area contributed by atoms with Crippen LogP contribution in [0.4, 0.5) is 0 Å². The Balaban J connectivity index is 1.47. The third kappa shape index (κ3) is 3.23. The van der Waals surface area contributed by atoms with Crippen LogP contribution in [0.1, 0.15) is 28.6 Å². The zero-order valence-electron chi connectivity index (χ0n) is 14.4. The van der Waals surface area contributed by atoms with Crippen LogP contribution in [0.15, 0.2) is 67.0 Å². The molecule has 2 unspecified atom stereocenters. The maximum Gasteiger partial charge on any atom is 0.123 e. The van der Waals surface area contributed by atoms with Crippen LogP contribution in [0.3, 0.4) is 0 Å². The number of rotatable bonds is 5. The lowest BCUT2D eigenvalue weighted by Crippen LogP contribution is -2.35. The van der Waals surface area contributed by atoms with E-state index in [1.807, 2.05) is 36.7 Å². The van der Waals surface area contributed by atoms with Gasteiger partial charge < -0.3 is 9.67 Å². The molecule has 1 aliphatic rings. The lowest BCUT2D eigenvalue weighted by atomic mass is 10.1. The third-order valence-electron chi connectivity index (χ3n) is 5.12. The molecule has 0 saturated carbocycles. The van der Waals surface area contributed by atoms with Gasteiger partial charge in [0.1, 0.15) is 5.82 Å². The molecule has 3 aromatic rings. The fourth-order valence-electron chi connectivity index (χ4n) is 3.71. The molecule has 0 bridgehead atoms. The summed E-state index contributed by atoms with van der Waals surface area (Å²) in [4.78, 5) is 6.75. The Hall–Kier alpha value is -2.43. The highest BCUT2D eigenvalue weighted by atomic mass is 16.3. The summed E-state index contributed by atoms with van der Waals surface area (Å²) in [5.74, 6) is 1.02. The minimum Gasteiger partial charge on any atom is -0.387 e. The molecule has 2 aromatic carbocycles. The Morgan fingerprint density at radius 3 is 2.68 bits per heavy atom. The Labute approximate surface area is 148 Å². The summed E-state index contributed by atoms with van der Waals surface area (Å²) >= 11 is 0. The van der Waals surface area contributed by atoms with E-state index in [-0.39, 0.29) is 6.04 Å². The van der Waals surface area contributed by atoms with Gasteiger partial charge >= 0.3 is 0 Å². The third-order valence-corrected chi connectivity index (χ3v) is 5.12. The first kappa shape index (κ1) is 16.1. The SMILES string of the molecule is CN(Cc1nccn1Cc1ccccc1)C1Cc2ccccc2C1O. The van der Waals surface area contributed by atoms with E-state index in [1.54, 1.807) is 0 Å². The lowest BCUT2D eigenvalue weighted by molar-refractivity contribution is 0.0702. The fraction of sp³-hybridized carbons (Fsp3) is 0.286. The van der Waals surface area contributed by atoms with Crippen LogP contribution in [-0.2, 0) is 19.5 Å². The van der Waals surface area contributed by atoms with Crippen molar-refractivity contribution in [1.29, 1.82) is 0 Å². The van der Waals surface area contributed by atoms with E-state index in [0.29, 0.717) is 0 Å². The van der Waals surface area contributed by atoms with Crippen molar-refractivity contribution in [2.75, 3.05) is 7.05 Å². The van der Waals surface area contributed by atoms with Crippen molar-refractivity contribution in [2.24, 2.45) is 0 Å². The number of hydrogen-bond acceptors (Lipinski definition) is 3. The van der Waals surface area contributed by atoms with Gasteiger partial charge in [-0.3, -0.25) is 4.90 Å². The largest absolute Gasteiger partial charge is 0.387 e. The van der Waals surface area contributed by atoms with Crippen molar-refractivity contribution >= 4 is 0 Å². The van der Waals surface area contributed by atoms with E-state index in [9.17, 15) is 5.11 Å². The highest BCUT2D eigenvalue weighted by Crippen LogP contribution is 2.34. The number of nitrogens with zero attached hydrogens (tertiary/aromatic N) is 3. The molecule has 1 aromatic heterocycles. The lowest BCUT2D eigenvalue weighted by Gasteiger charge is -2.27. The fourth-order valence-corrected chi connectivity index (χ4v) is 3.71. The van der Waals surface area contributed by atoms with E-state index < -0.39 is 6.10 Å². The summed E-state index contributed by atoms with van der Waals surface area (Å²) in [7, 11) is 2.07. The summed E-state index contributed by atoms with van der Waals surface area (Å²) in [5.41, 5.74) is 3.57. The van der Waals surface area contributed by atoms with Crippen LogP contribution in [0.2, 0.25) is 0 Å². The maximum absolute atomic E-state index is 10.7. The molecule has 128 valence electrons. The van der Waals surface area contributed by atoms with Crippen molar-refractivity contribution in [1.82, 2.24) is 14.5 Å². The van der Waals surface area contributed by atoms with Crippen LogP contribution in [-0.4, -0.2) is 32.6 Å². The Kier molecular flexibility index (Phi) is 4.38. The molecule has 4 nitrogen and oxygen atoms in total. The predicted molar refractivity (Wildman–Crippen MR) is 98.1 cm³/mol. The number of aromatic nitrogens is 2. The molecule has 25 heavy (non-hydrogen) atoms. The number of likely N-dealkylation sites (N-methyl/N-ethyl adjacent to an activating group) is 1. The van der Waals surface area contributed by atoms with Crippen LogP contribution < -0.4 is 0 Å². The number of benzene rings is 2. The summed E-state index contributed by atoms with van der Waals surface area (Å²) in [6.45, 7) is 1.53. The maximum atomic E-state index is 10.7. The van der Waals surface area contributed by atoms with Gasteiger partial charge in [0.05, 0.1) is 12.6 Å². The number of hydrogen-bond donors (Lipinski definition) is 1. The molecule has 0 fully saturated rings. The molecule has 0 amide bonds. The van der Waals surface area contributed by atoms with Crippen molar-refractivity contribution in [2.45, 2.75) is 31.7 Å². The monoisotopic (exact) mass is 333 g/mol. The Bertz CT molecular complexity index is 843. The molecule has 0 saturated heterocycles. The number of aliphatic hydroxyl groups is 1. The second-order valence-electron chi connectivity index (χ2n) is 6.79. The van der Waals surface area contributed by atoms with Crippen molar-refractivity contribution < 1.29 is 5.11 Å². The minimum absolute atomic E-state index is 0.0966. The normalized spacial score (nSPS) is 19.3. The average molecular weight is 333 g/mol. The standard InChI is InChI=1S/C21H23N3O/c1-23(19-13-17-9-5-6-10-18(17)21(19)25)15-20-22-11-12-24(20)14-16-7-3-2-4-8-16/h2-12,19,21,25H,13-15H2,1H3. The van der Waals surface area contributed by atoms with E-state index in [4.69, 9.17) is 0 Å². The van der Waals surface area contributed by atoms with Gasteiger partial charge in [-0.25, -0.2) is 4.98 Å². The molecule has 1 heterocycles. The zero-order valence-corrected chi connectivity index (χ0v) is 14.4. The van der Waals surface area contributed by atoms with Gasteiger partial charge in [-0.15, -0.1) is 0 Å². The van der Waals surface area contributed by atoms with E-state index >= 15 is 0 Å². The Morgan fingerprint density at radius 1 is 1.12 bits per heavy atom. The molecular formula is C21H23N3O. The highest BCUT2D eigenvalue weighted by Gasteiger charge is 2.33. The molecule has 1 aliphatic carbocycles. The van der Waals surface area contributed by atoms with Gasteiger partial charge in [0, 0.05) is 25.0 Å². The Morgan fingerprint density at radius 2 is 1.88 bits per heavy atom. The second-order valence-corrected chi connectivity index (χ2v) is 6.79. The van der Waals surface area contributed by atoms with Crippen LogP contribution in [0.25, 0.3) is 0 Å². The first-order valence-electron chi connectivity index (χ1n) is 8.72. The van der Waals surface area contributed by atoms with Gasteiger partial charge in [0.2, 0.25) is 0 Å². The van der Waals surface area contributed by atoms with Crippen LogP contribution in [0.5, 0.6) is 0 Å². The first-order valence-corrected chi connectivity index (χ1v) is 8.72. The number of fused-ring (bicyclic) bond motifs is 1. The van der Waals surface area contributed by atoms with Crippen LogP contribution in [0, 0.1) is 0 Å². The van der Waals surface area contributed by atoms with E-state index in [1.165, 1.54) is 11.1 Å². The van der Waals surface area contributed by atoms with Gasteiger partial charge in [-0.1, -0.05) is 54.6 Å². The molecule has 0 spiro atoms. The average Bonchev–Trinajstić information content (AvgIpc) is 3.21. The van der Waals surface area contributed by atoms with E-state index in [2.05, 4.69) is 51.8 Å². The van der Waals surface area contributed by atoms with Crippen molar-refractivity contribution in [3.8, 4) is 0 Å². The van der Waals surface area contributed by atoms with Gasteiger partial charge in [-0.2, -0.15) is 0 Å². The smallest absolute Gasteiger partial charge is 0.123 e. The van der Waals surface area contributed by atoms with Crippen molar-refractivity contribution in [3.63, 3.8) is 0 Å². The minimum atomic E-state index is -0.432. The first-order chi connectivity index (χ1) is 12.2. The number of aliphatic hydroxyl groups excluding tert-OH is 1. The second kappa shape index (κ2) is 6.82. The highest BCUT2D eigenvalue weighted by molar-refractivity contribution is 5.35. The molecular weight excluding hydrogens is 310 g/mol. The summed E-state index contributed by atoms with van der Waals surface area (Å²) in [6.07, 6.45) is 4.33. The molecule has 0 aliphatic heterocycles. The molecule has 0 radical (unpaired) electrons. The van der Waals surface area contributed by atoms with E-state index in [0.717, 1.165) is 30.9 Å². The van der Waals surface area contributed by atoms with Crippen molar-refractivity contribution in [3.05, 3.63) is 89.5 Å². The summed E-state index contributed by atoms with van der Waals surface area (Å²) in [6, 6.07) is 18.7. The zero-order chi connectivity index (χ0) is 17.2. The summed E-state index contributed by atoms with van der Waals surface area (Å²) in [5, 5.41) is 10.7. The van der Waals surface area contributed by atoms with Gasteiger partial charge in [0.25, 0.3) is 0 Å². The molecule has 4 rings (SSSR count). The number of imidazole rings is 1. The van der Waals surface area contributed by atoms with Crippen LogP contribution >= 0.6 is 0 Å². The summed E-state index contributed by atoms with van der Waals surface area (Å²) < 4.78 is 2.18.